The maximum Gasteiger partial charge on any atom is 0.410 e. The molecule has 2 aliphatic heterocycles. The van der Waals surface area contributed by atoms with Crippen LogP contribution in [0.2, 0.25) is 5.02 Å². The highest BCUT2D eigenvalue weighted by Gasteiger charge is 2.41. The number of carbonyl (C=O) groups excluding carboxylic acids is 2. The zero-order valence-electron chi connectivity index (χ0n) is 28.7. The van der Waals surface area contributed by atoms with Crippen molar-refractivity contribution >= 4 is 23.6 Å². The number of piperidine rings is 1. The maximum absolute atomic E-state index is 14.0. The summed E-state index contributed by atoms with van der Waals surface area (Å²) in [7, 11) is 3.89. The number of hydrogen-bond acceptors (Lipinski definition) is 6. The van der Waals surface area contributed by atoms with E-state index in [1.54, 1.807) is 7.11 Å². The first-order valence-electron chi connectivity index (χ1n) is 16.9. The smallest absolute Gasteiger partial charge is 0.410 e. The van der Waals surface area contributed by atoms with E-state index in [1.807, 2.05) is 69.9 Å². The van der Waals surface area contributed by atoms with Gasteiger partial charge in [0, 0.05) is 36.7 Å². The largest absolute Gasteiger partial charge is 0.493 e. The highest BCUT2D eigenvalue weighted by atomic mass is 35.5. The molecular formula is C37H52ClN3O5. The number of hydrogen-bond donors (Lipinski definition) is 0. The molecule has 0 spiro atoms. The minimum Gasteiger partial charge on any atom is -0.493 e. The van der Waals surface area contributed by atoms with Crippen LogP contribution in [0.3, 0.4) is 0 Å². The van der Waals surface area contributed by atoms with Crippen molar-refractivity contribution in [1.82, 2.24) is 14.7 Å². The average molecular weight is 654 g/mol. The highest BCUT2D eigenvalue weighted by molar-refractivity contribution is 6.30. The summed E-state index contributed by atoms with van der Waals surface area (Å²) in [6.07, 6.45) is 6.15. The number of carbonyl (C=O) groups is 2. The molecule has 8 nitrogen and oxygen atoms in total. The molecule has 2 fully saturated rings. The van der Waals surface area contributed by atoms with Gasteiger partial charge in [-0.3, -0.25) is 4.79 Å². The van der Waals surface area contributed by atoms with Crippen LogP contribution >= 0.6 is 11.6 Å². The van der Waals surface area contributed by atoms with Crippen molar-refractivity contribution in [3.05, 3.63) is 58.1 Å². The lowest BCUT2D eigenvalue weighted by Gasteiger charge is -2.46. The van der Waals surface area contributed by atoms with Crippen molar-refractivity contribution < 1.29 is 23.8 Å². The predicted octanol–water partition coefficient (Wildman–Crippen LogP) is 7.50. The summed E-state index contributed by atoms with van der Waals surface area (Å²) in [5.74, 6) is 2.07. The van der Waals surface area contributed by atoms with E-state index >= 15 is 0 Å². The Kier molecular flexibility index (Phi) is 10.8. The zero-order chi connectivity index (χ0) is 33.2. The van der Waals surface area contributed by atoms with Gasteiger partial charge in [-0.05, 0) is 127 Å². The molecule has 46 heavy (non-hydrogen) atoms. The van der Waals surface area contributed by atoms with Crippen LogP contribution in [0.5, 0.6) is 11.5 Å². The van der Waals surface area contributed by atoms with Gasteiger partial charge in [0.1, 0.15) is 5.60 Å². The van der Waals surface area contributed by atoms with Crippen LogP contribution in [0.25, 0.3) is 0 Å². The van der Waals surface area contributed by atoms with E-state index in [1.165, 1.54) is 0 Å². The summed E-state index contributed by atoms with van der Waals surface area (Å²) in [4.78, 5) is 33.0. The molecule has 0 N–H and O–H groups in total. The first-order valence-corrected chi connectivity index (χ1v) is 17.3. The van der Waals surface area contributed by atoms with Gasteiger partial charge < -0.3 is 28.9 Å². The van der Waals surface area contributed by atoms with E-state index < -0.39 is 5.60 Å². The van der Waals surface area contributed by atoms with Crippen LogP contribution in [0.4, 0.5) is 4.79 Å². The summed E-state index contributed by atoms with van der Waals surface area (Å²) >= 11 is 6.30. The van der Waals surface area contributed by atoms with Gasteiger partial charge in [0.05, 0.1) is 25.7 Å². The van der Waals surface area contributed by atoms with Crippen LogP contribution in [0, 0.1) is 5.92 Å². The number of halogens is 1. The number of fused-ring (bicyclic) bond motifs is 1. The number of amides is 2. The summed E-state index contributed by atoms with van der Waals surface area (Å²) < 4.78 is 17.4. The van der Waals surface area contributed by atoms with E-state index in [0.717, 1.165) is 74.8 Å². The Balaban J connectivity index is 1.27. The fourth-order valence-electron chi connectivity index (χ4n) is 7.44. The lowest BCUT2D eigenvalue weighted by atomic mass is 9.82. The molecule has 2 amide bonds. The molecule has 1 atom stereocenters. The fraction of sp³-hybridized carbons (Fsp3) is 0.622. The quantitative estimate of drug-likeness (QED) is 0.294. The van der Waals surface area contributed by atoms with Crippen LogP contribution in [0.15, 0.2) is 36.4 Å². The zero-order valence-corrected chi connectivity index (χ0v) is 29.4. The van der Waals surface area contributed by atoms with Crippen LogP contribution in [-0.2, 0) is 16.0 Å². The molecule has 2 aromatic carbocycles. The van der Waals surface area contributed by atoms with Crippen LogP contribution in [-0.4, -0.2) is 84.3 Å². The third kappa shape index (κ3) is 8.11. The van der Waals surface area contributed by atoms with E-state index in [4.69, 9.17) is 25.8 Å². The molecule has 0 radical (unpaired) electrons. The SMILES string of the molecule is COc1cc2c(cc1OC(C)C)C(c1ccc(Cl)cc1)N(C1CCC(N(C)CC3CCN(C(=O)OC(C)(C)C)CC3)CC1)C(=O)C2. The topological polar surface area (TPSA) is 71.6 Å². The number of nitrogens with zero attached hydrogens (tertiary/aromatic N) is 3. The lowest BCUT2D eigenvalue weighted by Crippen LogP contribution is -2.50. The summed E-state index contributed by atoms with van der Waals surface area (Å²) in [6.45, 7) is 12.3. The second-order valence-electron chi connectivity index (χ2n) is 14.6. The van der Waals surface area contributed by atoms with Crippen molar-refractivity contribution in [1.29, 1.82) is 0 Å². The standard InChI is InChI=1S/C37H52ClN3O5/c1-24(2)45-33-22-31-27(20-32(33)44-7)21-34(42)41(35(31)26-8-10-28(38)11-9-26)30-14-12-29(13-15-30)39(6)23-25-16-18-40(19-17-25)36(43)46-37(3,4)5/h8-11,20,22,24-25,29-30,35H,12-19,21,23H2,1-7H3. The summed E-state index contributed by atoms with van der Waals surface area (Å²) in [5.41, 5.74) is 2.66. The Morgan fingerprint density at radius 1 is 1.00 bits per heavy atom. The first kappa shape index (κ1) is 34.4. The van der Waals surface area contributed by atoms with Gasteiger partial charge in [-0.15, -0.1) is 0 Å². The Morgan fingerprint density at radius 2 is 1.65 bits per heavy atom. The lowest BCUT2D eigenvalue weighted by molar-refractivity contribution is -0.137. The summed E-state index contributed by atoms with van der Waals surface area (Å²) in [6, 6.07) is 12.4. The molecule has 9 heteroatoms. The Labute approximate surface area is 280 Å². The van der Waals surface area contributed by atoms with Crippen molar-refractivity contribution in [2.45, 2.75) is 109 Å². The number of rotatable bonds is 8. The molecule has 1 saturated heterocycles. The van der Waals surface area contributed by atoms with Gasteiger partial charge in [0.25, 0.3) is 0 Å². The molecule has 2 aromatic rings. The molecular weight excluding hydrogens is 602 g/mol. The van der Waals surface area contributed by atoms with Gasteiger partial charge in [-0.25, -0.2) is 4.79 Å². The number of ether oxygens (including phenoxy) is 3. The van der Waals surface area contributed by atoms with Gasteiger partial charge in [-0.2, -0.15) is 0 Å². The van der Waals surface area contributed by atoms with E-state index in [-0.39, 0.29) is 30.2 Å². The van der Waals surface area contributed by atoms with Crippen molar-refractivity contribution in [2.75, 3.05) is 33.8 Å². The summed E-state index contributed by atoms with van der Waals surface area (Å²) in [5, 5.41) is 0.676. The first-order chi connectivity index (χ1) is 21.8. The van der Waals surface area contributed by atoms with E-state index in [0.29, 0.717) is 34.9 Å². The normalized spacial score (nSPS) is 22.7. The minimum absolute atomic E-state index is 0.00736. The molecule has 5 rings (SSSR count). The van der Waals surface area contributed by atoms with Gasteiger partial charge in [0.15, 0.2) is 11.5 Å². The Bertz CT molecular complexity index is 1360. The highest BCUT2D eigenvalue weighted by Crippen LogP contribution is 2.44. The predicted molar refractivity (Wildman–Crippen MR) is 182 cm³/mol. The van der Waals surface area contributed by atoms with Gasteiger partial charge >= 0.3 is 6.09 Å². The van der Waals surface area contributed by atoms with Crippen molar-refractivity contribution in [2.24, 2.45) is 5.92 Å². The molecule has 1 aliphatic carbocycles. The fourth-order valence-corrected chi connectivity index (χ4v) is 7.56. The van der Waals surface area contributed by atoms with Crippen LogP contribution in [0.1, 0.15) is 95.9 Å². The molecule has 1 saturated carbocycles. The number of methoxy groups -OCH3 is 1. The van der Waals surface area contributed by atoms with E-state index in [2.05, 4.69) is 22.9 Å². The Morgan fingerprint density at radius 3 is 2.24 bits per heavy atom. The van der Waals surface area contributed by atoms with E-state index in [9.17, 15) is 9.59 Å². The molecule has 0 aromatic heterocycles. The third-order valence-electron chi connectivity index (χ3n) is 9.67. The third-order valence-corrected chi connectivity index (χ3v) is 9.92. The molecule has 3 aliphatic rings. The second-order valence-corrected chi connectivity index (χ2v) is 15.0. The van der Waals surface area contributed by atoms with Crippen molar-refractivity contribution in [3.63, 3.8) is 0 Å². The molecule has 1 unspecified atom stereocenters. The number of likely N-dealkylation sites (tertiary alicyclic amines) is 1. The van der Waals surface area contributed by atoms with Gasteiger partial charge in [-0.1, -0.05) is 23.7 Å². The van der Waals surface area contributed by atoms with Gasteiger partial charge in [0.2, 0.25) is 5.91 Å². The Hall–Kier alpha value is -2.97. The van der Waals surface area contributed by atoms with Crippen LogP contribution < -0.4 is 9.47 Å². The molecule has 0 bridgehead atoms. The van der Waals surface area contributed by atoms with Crippen molar-refractivity contribution in [3.8, 4) is 11.5 Å². The monoisotopic (exact) mass is 653 g/mol. The maximum atomic E-state index is 14.0. The molecule has 2 heterocycles. The minimum atomic E-state index is -0.470. The molecule has 252 valence electrons. The average Bonchev–Trinajstić information content (AvgIpc) is 3.00. The number of benzene rings is 2. The second kappa shape index (κ2) is 14.4.